The SMILES string of the molecule is CCC(C)(COC(c1ccccc1)c1ccc(OC)cc1)SSC. The molecule has 0 saturated heterocycles. The van der Waals surface area contributed by atoms with E-state index in [4.69, 9.17) is 9.47 Å². The fourth-order valence-electron chi connectivity index (χ4n) is 2.44. The molecule has 0 amide bonds. The fraction of sp³-hybridized carbons (Fsp3) is 0.400. The van der Waals surface area contributed by atoms with E-state index in [1.54, 1.807) is 17.9 Å². The maximum absolute atomic E-state index is 6.42. The molecular weight excluding hydrogens is 336 g/mol. The molecule has 0 aliphatic rings. The third kappa shape index (κ3) is 5.20. The highest BCUT2D eigenvalue weighted by Gasteiger charge is 2.26. The predicted molar refractivity (Wildman–Crippen MR) is 107 cm³/mol. The van der Waals surface area contributed by atoms with Gasteiger partial charge in [0.15, 0.2) is 0 Å². The van der Waals surface area contributed by atoms with Crippen LogP contribution in [0, 0.1) is 0 Å². The van der Waals surface area contributed by atoms with Crippen molar-refractivity contribution in [2.24, 2.45) is 0 Å². The van der Waals surface area contributed by atoms with Crippen LogP contribution in [0.4, 0.5) is 0 Å². The molecule has 2 nitrogen and oxygen atoms in total. The molecule has 2 aromatic carbocycles. The zero-order valence-corrected chi connectivity index (χ0v) is 16.5. The summed E-state index contributed by atoms with van der Waals surface area (Å²) in [5.74, 6) is 0.863. The number of benzene rings is 2. The maximum atomic E-state index is 6.42. The molecule has 2 aromatic rings. The molecule has 0 aromatic heterocycles. The Hall–Kier alpha value is -1.10. The van der Waals surface area contributed by atoms with E-state index in [9.17, 15) is 0 Å². The number of ether oxygens (including phenoxy) is 2. The minimum absolute atomic E-state index is 0.0644. The highest BCUT2D eigenvalue weighted by Crippen LogP contribution is 2.38. The Bertz CT molecular complexity index is 601. The van der Waals surface area contributed by atoms with E-state index in [0.29, 0.717) is 6.61 Å². The molecule has 0 aliphatic carbocycles. The van der Waals surface area contributed by atoms with E-state index in [2.05, 4.69) is 56.5 Å². The number of hydrogen-bond donors (Lipinski definition) is 0. The van der Waals surface area contributed by atoms with Crippen LogP contribution < -0.4 is 4.74 Å². The second-order valence-electron chi connectivity index (χ2n) is 5.93. The Morgan fingerprint density at radius 2 is 1.62 bits per heavy atom. The Kier molecular flexibility index (Phi) is 7.53. The van der Waals surface area contributed by atoms with Crippen LogP contribution in [0.15, 0.2) is 54.6 Å². The summed E-state index contributed by atoms with van der Waals surface area (Å²) >= 11 is 0. The Labute approximate surface area is 153 Å². The van der Waals surface area contributed by atoms with Gasteiger partial charge in [-0.2, -0.15) is 0 Å². The summed E-state index contributed by atoms with van der Waals surface area (Å²) in [6.45, 7) is 5.20. The first kappa shape index (κ1) is 19.2. The standard InChI is InChI=1S/C20H26O2S2/c1-5-20(2,24-23-4)15-22-19(16-9-7-6-8-10-16)17-11-13-18(21-3)14-12-17/h6-14,19H,5,15H2,1-4H3. The van der Waals surface area contributed by atoms with Crippen molar-refractivity contribution in [2.45, 2.75) is 31.1 Å². The van der Waals surface area contributed by atoms with Gasteiger partial charge in [-0.1, -0.05) is 71.0 Å². The van der Waals surface area contributed by atoms with Crippen LogP contribution in [0.3, 0.4) is 0 Å². The molecule has 2 atom stereocenters. The molecular formula is C20H26O2S2. The van der Waals surface area contributed by atoms with Gasteiger partial charge < -0.3 is 9.47 Å². The van der Waals surface area contributed by atoms with E-state index >= 15 is 0 Å². The van der Waals surface area contributed by atoms with Gasteiger partial charge in [-0.25, -0.2) is 0 Å². The molecule has 4 heteroatoms. The molecule has 0 bridgehead atoms. The average Bonchev–Trinajstić information content (AvgIpc) is 2.63. The lowest BCUT2D eigenvalue weighted by Gasteiger charge is -2.29. The Morgan fingerprint density at radius 1 is 1.00 bits per heavy atom. The van der Waals surface area contributed by atoms with Gasteiger partial charge in [0.25, 0.3) is 0 Å². The summed E-state index contributed by atoms with van der Waals surface area (Å²) in [5, 5.41) is 0. The van der Waals surface area contributed by atoms with Crippen LogP contribution in [-0.2, 0) is 4.74 Å². The third-order valence-corrected chi connectivity index (χ3v) is 6.79. The second-order valence-corrected chi connectivity index (χ2v) is 8.91. The number of hydrogen-bond acceptors (Lipinski definition) is 4. The first-order valence-corrected chi connectivity index (χ1v) is 10.7. The van der Waals surface area contributed by atoms with Gasteiger partial charge in [-0.05, 0) is 42.9 Å². The Morgan fingerprint density at radius 3 is 2.17 bits per heavy atom. The van der Waals surface area contributed by atoms with E-state index in [0.717, 1.165) is 17.7 Å². The van der Waals surface area contributed by atoms with Crippen LogP contribution in [0.5, 0.6) is 5.75 Å². The van der Waals surface area contributed by atoms with Crippen molar-refractivity contribution < 1.29 is 9.47 Å². The molecule has 2 rings (SSSR count). The van der Waals surface area contributed by atoms with Gasteiger partial charge in [-0.3, -0.25) is 0 Å². The molecule has 0 N–H and O–H groups in total. The van der Waals surface area contributed by atoms with Crippen LogP contribution >= 0.6 is 21.6 Å². The molecule has 130 valence electrons. The van der Waals surface area contributed by atoms with Gasteiger partial charge in [0.1, 0.15) is 11.9 Å². The van der Waals surface area contributed by atoms with Crippen molar-refractivity contribution in [3.05, 3.63) is 65.7 Å². The highest BCUT2D eigenvalue weighted by molar-refractivity contribution is 8.77. The zero-order valence-electron chi connectivity index (χ0n) is 14.8. The topological polar surface area (TPSA) is 18.5 Å². The summed E-state index contributed by atoms with van der Waals surface area (Å²) in [6, 6.07) is 18.6. The third-order valence-electron chi connectivity index (χ3n) is 4.11. The van der Waals surface area contributed by atoms with Gasteiger partial charge >= 0.3 is 0 Å². The normalized spacial score (nSPS) is 14.8. The highest BCUT2D eigenvalue weighted by atomic mass is 33.1. The first-order valence-electron chi connectivity index (χ1n) is 8.14. The summed E-state index contributed by atoms with van der Waals surface area (Å²) in [6.07, 6.45) is 3.13. The van der Waals surface area contributed by atoms with E-state index in [-0.39, 0.29) is 10.9 Å². The van der Waals surface area contributed by atoms with Gasteiger partial charge in [0.2, 0.25) is 0 Å². The quantitative estimate of drug-likeness (QED) is 0.510. The van der Waals surface area contributed by atoms with E-state index < -0.39 is 0 Å². The molecule has 0 radical (unpaired) electrons. The zero-order chi connectivity index (χ0) is 17.4. The minimum Gasteiger partial charge on any atom is -0.497 e. The molecule has 0 saturated carbocycles. The fourth-order valence-corrected chi connectivity index (χ4v) is 4.78. The van der Waals surface area contributed by atoms with Crippen LogP contribution in [0.1, 0.15) is 37.5 Å². The van der Waals surface area contributed by atoms with Gasteiger partial charge in [0.05, 0.1) is 13.7 Å². The van der Waals surface area contributed by atoms with Gasteiger partial charge in [0, 0.05) is 4.75 Å². The first-order chi connectivity index (χ1) is 11.6. The van der Waals surface area contributed by atoms with Crippen molar-refractivity contribution in [3.8, 4) is 5.75 Å². The van der Waals surface area contributed by atoms with E-state index in [1.165, 1.54) is 5.56 Å². The van der Waals surface area contributed by atoms with Crippen molar-refractivity contribution in [1.82, 2.24) is 0 Å². The van der Waals surface area contributed by atoms with Crippen molar-refractivity contribution in [3.63, 3.8) is 0 Å². The molecule has 0 spiro atoms. The largest absolute Gasteiger partial charge is 0.497 e. The molecule has 0 heterocycles. The maximum Gasteiger partial charge on any atom is 0.118 e. The van der Waals surface area contributed by atoms with Crippen molar-refractivity contribution >= 4 is 21.6 Å². The lowest BCUT2D eigenvalue weighted by atomic mass is 10.0. The molecule has 2 unspecified atom stereocenters. The number of rotatable bonds is 9. The summed E-state index contributed by atoms with van der Waals surface area (Å²) in [5.41, 5.74) is 2.32. The Balaban J connectivity index is 2.23. The van der Waals surface area contributed by atoms with Crippen molar-refractivity contribution in [1.29, 1.82) is 0 Å². The van der Waals surface area contributed by atoms with Crippen LogP contribution in [-0.4, -0.2) is 24.7 Å². The predicted octanol–water partition coefficient (Wildman–Crippen LogP) is 5.98. The van der Waals surface area contributed by atoms with Crippen LogP contribution in [0.2, 0.25) is 0 Å². The number of methoxy groups -OCH3 is 1. The van der Waals surface area contributed by atoms with Crippen LogP contribution in [0.25, 0.3) is 0 Å². The summed E-state index contributed by atoms with van der Waals surface area (Å²) in [4.78, 5) is 0. The van der Waals surface area contributed by atoms with Crippen molar-refractivity contribution in [2.75, 3.05) is 20.0 Å². The molecule has 0 aliphatic heterocycles. The lowest BCUT2D eigenvalue weighted by molar-refractivity contribution is 0.0644. The second kappa shape index (κ2) is 9.40. The monoisotopic (exact) mass is 362 g/mol. The molecule has 0 fully saturated rings. The summed E-state index contributed by atoms with van der Waals surface area (Å²) < 4.78 is 11.8. The summed E-state index contributed by atoms with van der Waals surface area (Å²) in [7, 11) is 5.38. The van der Waals surface area contributed by atoms with E-state index in [1.807, 2.05) is 29.0 Å². The van der Waals surface area contributed by atoms with Gasteiger partial charge in [-0.15, -0.1) is 0 Å². The average molecular weight is 363 g/mol. The minimum atomic E-state index is -0.0644. The molecule has 24 heavy (non-hydrogen) atoms. The smallest absolute Gasteiger partial charge is 0.118 e. The lowest BCUT2D eigenvalue weighted by Crippen LogP contribution is -2.26.